The number of hydrogen-bond donors (Lipinski definition) is 2. The van der Waals surface area contributed by atoms with E-state index in [0.29, 0.717) is 23.1 Å². The molecule has 1 aliphatic rings. The molecule has 1 aliphatic heterocycles. The predicted molar refractivity (Wildman–Crippen MR) is 127 cm³/mol. The number of benzene rings is 2. The van der Waals surface area contributed by atoms with Gasteiger partial charge in [0, 0.05) is 30.7 Å². The summed E-state index contributed by atoms with van der Waals surface area (Å²) in [6.07, 6.45) is 3.34. The van der Waals surface area contributed by atoms with E-state index in [1.54, 1.807) is 55.7 Å². The molecule has 0 saturated carbocycles. The van der Waals surface area contributed by atoms with Crippen LogP contribution in [-0.2, 0) is 10.0 Å². The molecule has 0 atom stereocenters. The van der Waals surface area contributed by atoms with Crippen LogP contribution in [0.15, 0.2) is 65.7 Å². The van der Waals surface area contributed by atoms with Gasteiger partial charge in [-0.2, -0.15) is 21.1 Å². The van der Waals surface area contributed by atoms with Crippen molar-refractivity contribution in [1.29, 1.82) is 0 Å². The number of anilines is 4. The van der Waals surface area contributed by atoms with Gasteiger partial charge in [-0.25, -0.2) is 17.8 Å². The monoisotopic (exact) mass is 473 g/mol. The second kappa shape index (κ2) is 9.85. The molecule has 0 spiro atoms. The molecule has 7 nitrogen and oxygen atoms in total. The number of nitrogens with zero attached hydrogens (tertiary/aromatic N) is 3. The summed E-state index contributed by atoms with van der Waals surface area (Å²) in [5.41, 5.74) is 1.37. The van der Waals surface area contributed by atoms with Gasteiger partial charge in [0.2, 0.25) is 16.0 Å². The Morgan fingerprint density at radius 2 is 1.59 bits per heavy atom. The predicted octanol–water partition coefficient (Wildman–Crippen LogP) is 4.62. The molecule has 2 heterocycles. The number of halogens is 1. The molecule has 2 aromatic carbocycles. The highest BCUT2D eigenvalue weighted by Crippen LogP contribution is 2.27. The summed E-state index contributed by atoms with van der Waals surface area (Å²) in [4.78, 5) is 8.85. The lowest BCUT2D eigenvalue weighted by molar-refractivity contribution is 0.349. The van der Waals surface area contributed by atoms with Crippen molar-refractivity contribution in [3.63, 3.8) is 0 Å². The Labute approximate surface area is 191 Å². The van der Waals surface area contributed by atoms with Gasteiger partial charge in [-0.1, -0.05) is 0 Å². The van der Waals surface area contributed by atoms with Crippen LogP contribution in [0.5, 0.6) is 0 Å². The van der Waals surface area contributed by atoms with Crippen molar-refractivity contribution in [1.82, 2.24) is 14.3 Å². The van der Waals surface area contributed by atoms with Gasteiger partial charge in [0.05, 0.1) is 4.90 Å². The van der Waals surface area contributed by atoms with Crippen LogP contribution in [0.4, 0.5) is 27.5 Å². The van der Waals surface area contributed by atoms with E-state index in [2.05, 4.69) is 20.6 Å². The summed E-state index contributed by atoms with van der Waals surface area (Å²) in [6.45, 7) is 0. The van der Waals surface area contributed by atoms with Crippen LogP contribution < -0.4 is 10.6 Å². The lowest BCUT2D eigenvalue weighted by Gasteiger charge is -2.30. The highest BCUT2D eigenvalue weighted by Gasteiger charge is 2.29. The fourth-order valence-corrected chi connectivity index (χ4v) is 5.92. The third-order valence-electron chi connectivity index (χ3n) is 5.26. The molecule has 1 saturated heterocycles. The van der Waals surface area contributed by atoms with E-state index in [9.17, 15) is 12.8 Å². The molecule has 0 radical (unpaired) electrons. The molecule has 1 fully saturated rings. The second-order valence-electron chi connectivity index (χ2n) is 7.41. The first kappa shape index (κ1) is 22.5. The molecular weight excluding hydrogens is 449 g/mol. The van der Waals surface area contributed by atoms with E-state index in [4.69, 9.17) is 0 Å². The molecule has 10 heteroatoms. The van der Waals surface area contributed by atoms with Crippen molar-refractivity contribution in [3.8, 4) is 0 Å². The van der Waals surface area contributed by atoms with Crippen molar-refractivity contribution in [2.75, 3.05) is 29.2 Å². The molecule has 168 valence electrons. The Morgan fingerprint density at radius 3 is 2.28 bits per heavy atom. The molecule has 0 aliphatic carbocycles. The number of thioether (sulfide) groups is 1. The maximum absolute atomic E-state index is 13.1. The maximum atomic E-state index is 13.1. The second-order valence-corrected chi connectivity index (χ2v) is 10.6. The van der Waals surface area contributed by atoms with Crippen molar-refractivity contribution in [2.45, 2.75) is 23.8 Å². The molecule has 0 amide bonds. The van der Waals surface area contributed by atoms with Crippen LogP contribution in [0.3, 0.4) is 0 Å². The minimum absolute atomic E-state index is 0.0452. The van der Waals surface area contributed by atoms with Gasteiger partial charge in [0.15, 0.2) is 0 Å². The fourth-order valence-electron chi connectivity index (χ4n) is 3.42. The Balaban J connectivity index is 1.44. The van der Waals surface area contributed by atoms with E-state index in [1.807, 2.05) is 11.8 Å². The van der Waals surface area contributed by atoms with Gasteiger partial charge in [0.1, 0.15) is 11.6 Å². The summed E-state index contributed by atoms with van der Waals surface area (Å²) < 4.78 is 40.5. The third kappa shape index (κ3) is 5.37. The van der Waals surface area contributed by atoms with Crippen molar-refractivity contribution in [3.05, 3.63) is 66.6 Å². The topological polar surface area (TPSA) is 87.2 Å². The zero-order chi connectivity index (χ0) is 22.6. The maximum Gasteiger partial charge on any atom is 0.243 e. The first-order chi connectivity index (χ1) is 15.4. The van der Waals surface area contributed by atoms with Gasteiger partial charge >= 0.3 is 0 Å². The Hall–Kier alpha value is -2.69. The Bertz CT molecular complexity index is 1150. The smallest absolute Gasteiger partial charge is 0.243 e. The van der Waals surface area contributed by atoms with Crippen LogP contribution in [0, 0.1) is 5.82 Å². The zero-order valence-corrected chi connectivity index (χ0v) is 19.2. The van der Waals surface area contributed by atoms with Crippen LogP contribution in [0.1, 0.15) is 12.8 Å². The van der Waals surface area contributed by atoms with Gasteiger partial charge < -0.3 is 10.6 Å². The van der Waals surface area contributed by atoms with Crippen molar-refractivity contribution >= 4 is 44.9 Å². The highest BCUT2D eigenvalue weighted by atomic mass is 32.2. The van der Waals surface area contributed by atoms with Gasteiger partial charge in [-0.05, 0) is 78.9 Å². The largest absolute Gasteiger partial charge is 0.340 e. The van der Waals surface area contributed by atoms with Crippen molar-refractivity contribution in [2.24, 2.45) is 0 Å². The van der Waals surface area contributed by atoms with E-state index >= 15 is 0 Å². The Kier molecular flexibility index (Phi) is 6.92. The molecular formula is C22H24FN5O2S2. The minimum atomic E-state index is -3.54. The molecule has 32 heavy (non-hydrogen) atoms. The number of sulfonamides is 1. The molecule has 1 aromatic heterocycles. The van der Waals surface area contributed by atoms with Crippen LogP contribution in [-0.4, -0.2) is 47.3 Å². The summed E-state index contributed by atoms with van der Waals surface area (Å²) >= 11 is 1.87. The number of hydrogen-bond acceptors (Lipinski definition) is 7. The molecule has 0 bridgehead atoms. The molecule has 2 N–H and O–H groups in total. The normalized spacial score (nSPS) is 15.0. The van der Waals surface area contributed by atoms with Crippen LogP contribution in [0.25, 0.3) is 0 Å². The quantitative estimate of drug-likeness (QED) is 0.518. The molecule has 4 rings (SSSR count). The number of nitrogens with one attached hydrogen (secondary N) is 2. The standard InChI is InChI=1S/C22H24FN5O2S2/c1-28(19-11-14-31-15-12-19)32(29,30)20-8-6-18(7-9-20)26-22-24-13-10-21(27-22)25-17-4-2-16(23)3-5-17/h2-10,13,19H,11-12,14-15H2,1H3,(H2,24,25,26,27). The average Bonchev–Trinajstić information content (AvgIpc) is 2.81. The average molecular weight is 474 g/mol. The molecule has 0 unspecified atom stereocenters. The van der Waals surface area contributed by atoms with Crippen molar-refractivity contribution < 1.29 is 12.8 Å². The first-order valence-electron chi connectivity index (χ1n) is 10.2. The third-order valence-corrected chi connectivity index (χ3v) is 8.24. The SMILES string of the molecule is CN(C1CCSCC1)S(=O)(=O)c1ccc(Nc2nccc(Nc3ccc(F)cc3)n2)cc1. The molecule has 3 aromatic rings. The van der Waals surface area contributed by atoms with Crippen LogP contribution in [0.2, 0.25) is 0 Å². The van der Waals surface area contributed by atoms with Gasteiger partial charge in [-0.15, -0.1) is 0 Å². The minimum Gasteiger partial charge on any atom is -0.340 e. The fraction of sp³-hybridized carbons (Fsp3) is 0.273. The summed E-state index contributed by atoms with van der Waals surface area (Å²) in [5.74, 6) is 2.56. The summed E-state index contributed by atoms with van der Waals surface area (Å²) in [7, 11) is -1.88. The van der Waals surface area contributed by atoms with E-state index in [0.717, 1.165) is 24.3 Å². The van der Waals surface area contributed by atoms with Gasteiger partial charge in [0.25, 0.3) is 0 Å². The summed E-state index contributed by atoms with van der Waals surface area (Å²) in [6, 6.07) is 14.3. The van der Waals surface area contributed by atoms with E-state index in [-0.39, 0.29) is 16.8 Å². The highest BCUT2D eigenvalue weighted by molar-refractivity contribution is 7.99. The lowest BCUT2D eigenvalue weighted by atomic mass is 10.2. The first-order valence-corrected chi connectivity index (χ1v) is 12.8. The van der Waals surface area contributed by atoms with Gasteiger partial charge in [-0.3, -0.25) is 0 Å². The number of rotatable bonds is 7. The van der Waals surface area contributed by atoms with E-state index < -0.39 is 10.0 Å². The van der Waals surface area contributed by atoms with Crippen LogP contribution >= 0.6 is 11.8 Å². The number of aromatic nitrogens is 2. The van der Waals surface area contributed by atoms with E-state index in [1.165, 1.54) is 16.4 Å². The summed E-state index contributed by atoms with van der Waals surface area (Å²) in [5, 5.41) is 6.16. The zero-order valence-electron chi connectivity index (χ0n) is 17.5. The Morgan fingerprint density at radius 1 is 0.969 bits per heavy atom. The lowest BCUT2D eigenvalue weighted by Crippen LogP contribution is -2.39.